The topological polar surface area (TPSA) is 97.3 Å². The van der Waals surface area contributed by atoms with Crippen molar-refractivity contribution < 1.29 is 14.3 Å². The molecule has 3 heterocycles. The number of ether oxygens (including phenoxy) is 1. The average Bonchev–Trinajstić information content (AvgIpc) is 3.30. The lowest BCUT2D eigenvalue weighted by Gasteiger charge is -2.37. The average molecular weight is 514 g/mol. The predicted molar refractivity (Wildman–Crippen MR) is 143 cm³/mol. The van der Waals surface area contributed by atoms with Crippen LogP contribution in [0, 0.1) is 12.3 Å². The molecule has 1 unspecified atom stereocenters. The molecule has 1 aliphatic heterocycles. The largest absolute Gasteiger partial charge is 0.438 e. The fraction of sp³-hybridized carbons (Fsp3) is 0.250. The van der Waals surface area contributed by atoms with E-state index in [-0.39, 0.29) is 17.7 Å². The van der Waals surface area contributed by atoms with Gasteiger partial charge in [0.05, 0.1) is 11.1 Å². The summed E-state index contributed by atoms with van der Waals surface area (Å²) < 4.78 is 6.24. The number of anilines is 1. The zero-order valence-corrected chi connectivity index (χ0v) is 22.1. The van der Waals surface area contributed by atoms with E-state index in [1.165, 1.54) is 11.3 Å². The number of hydrogen-bond donors (Lipinski definition) is 1. The van der Waals surface area contributed by atoms with Crippen molar-refractivity contribution in [3.8, 4) is 22.9 Å². The number of nitrogens with one attached hydrogen (secondary N) is 1. The number of carbonyl (C=O) groups excluding carboxylic acids is 2. The lowest BCUT2D eigenvalue weighted by atomic mass is 9.69. The molecule has 2 amide bonds. The lowest BCUT2D eigenvalue weighted by molar-refractivity contribution is -0.124. The summed E-state index contributed by atoms with van der Waals surface area (Å²) in [6, 6.07) is 19.0. The molecule has 0 saturated heterocycles. The summed E-state index contributed by atoms with van der Waals surface area (Å²) in [7, 11) is 3.45. The zero-order chi connectivity index (χ0) is 26.3. The first kappa shape index (κ1) is 24.6. The quantitative estimate of drug-likeness (QED) is 0.378. The molecule has 0 spiro atoms. The van der Waals surface area contributed by atoms with Gasteiger partial charge in [0.2, 0.25) is 16.9 Å². The number of fused-ring (bicyclic) bond motifs is 2. The summed E-state index contributed by atoms with van der Waals surface area (Å²) in [6.45, 7) is 5.68. The molecule has 0 fully saturated rings. The number of benzene rings is 2. The number of amides is 2. The molecule has 8 nitrogen and oxygen atoms in total. The molecule has 9 heteroatoms. The standard InChI is InChI=1S/C28H27N5O3S/c1-16-31-32-27(37-16)30-26(35)28(2,3)23-19-8-6-7-9-22(19)36-24-20(23)14-15-21(29-24)17-10-12-18(13-11-17)25(34)33(4)5/h6-15,23H,1-5H3,(H,30,32,35). The molecule has 1 atom stereocenters. The van der Waals surface area contributed by atoms with Crippen LogP contribution in [0.5, 0.6) is 11.6 Å². The summed E-state index contributed by atoms with van der Waals surface area (Å²) in [6.07, 6.45) is 0. The SMILES string of the molecule is Cc1nnc(NC(=O)C(C)(C)C2c3ccccc3Oc3nc(-c4ccc(C(=O)N(C)C)cc4)ccc32)s1. The molecule has 1 N–H and O–H groups in total. The Morgan fingerprint density at radius 1 is 0.973 bits per heavy atom. The van der Waals surface area contributed by atoms with Crippen LogP contribution in [-0.4, -0.2) is 46.0 Å². The van der Waals surface area contributed by atoms with E-state index in [1.54, 1.807) is 31.1 Å². The first-order valence-electron chi connectivity index (χ1n) is 11.9. The third kappa shape index (κ3) is 4.58. The molecule has 2 aromatic carbocycles. The van der Waals surface area contributed by atoms with Crippen LogP contribution in [0.1, 0.15) is 46.3 Å². The molecule has 1 aliphatic rings. The van der Waals surface area contributed by atoms with Gasteiger partial charge in [0.25, 0.3) is 5.91 Å². The summed E-state index contributed by atoms with van der Waals surface area (Å²) in [5.74, 6) is 0.605. The van der Waals surface area contributed by atoms with E-state index in [9.17, 15) is 9.59 Å². The maximum Gasteiger partial charge on any atom is 0.253 e. The van der Waals surface area contributed by atoms with Crippen molar-refractivity contribution in [2.45, 2.75) is 26.7 Å². The molecular formula is C28H27N5O3S. The number of hydrogen-bond acceptors (Lipinski definition) is 7. The Morgan fingerprint density at radius 2 is 1.70 bits per heavy atom. The van der Waals surface area contributed by atoms with Crippen LogP contribution in [0.4, 0.5) is 5.13 Å². The third-order valence-corrected chi connectivity index (χ3v) is 7.28. The summed E-state index contributed by atoms with van der Waals surface area (Å²) in [5.41, 5.74) is 3.08. The van der Waals surface area contributed by atoms with Crippen molar-refractivity contribution in [3.63, 3.8) is 0 Å². The lowest BCUT2D eigenvalue weighted by Crippen LogP contribution is -2.38. The van der Waals surface area contributed by atoms with Crippen LogP contribution in [0.15, 0.2) is 60.7 Å². The van der Waals surface area contributed by atoms with E-state index in [1.807, 2.05) is 69.3 Å². The van der Waals surface area contributed by atoms with Crippen molar-refractivity contribution >= 4 is 28.3 Å². The second-order valence-corrected chi connectivity index (χ2v) is 10.9. The van der Waals surface area contributed by atoms with Gasteiger partial charge in [-0.15, -0.1) is 10.2 Å². The molecule has 37 heavy (non-hydrogen) atoms. The fourth-order valence-corrected chi connectivity index (χ4v) is 5.14. The molecule has 5 rings (SSSR count). The second-order valence-electron chi connectivity index (χ2n) is 9.74. The Morgan fingerprint density at radius 3 is 2.38 bits per heavy atom. The van der Waals surface area contributed by atoms with Gasteiger partial charge in [0.1, 0.15) is 10.8 Å². The number of rotatable bonds is 5. The van der Waals surface area contributed by atoms with Gasteiger partial charge in [0, 0.05) is 42.3 Å². The van der Waals surface area contributed by atoms with E-state index in [0.29, 0.717) is 28.0 Å². The Hall–Kier alpha value is -4.11. The summed E-state index contributed by atoms with van der Waals surface area (Å²) in [5, 5.41) is 12.2. The molecule has 0 radical (unpaired) electrons. The van der Waals surface area contributed by atoms with Gasteiger partial charge in [-0.1, -0.05) is 61.6 Å². The molecule has 0 saturated carbocycles. The zero-order valence-electron chi connectivity index (χ0n) is 21.3. The molecule has 188 valence electrons. The minimum absolute atomic E-state index is 0.0584. The third-order valence-electron chi connectivity index (χ3n) is 6.52. The number of aryl methyl sites for hydroxylation is 1. The monoisotopic (exact) mass is 513 g/mol. The maximum atomic E-state index is 13.5. The number of pyridine rings is 1. The highest BCUT2D eigenvalue weighted by Gasteiger charge is 2.44. The van der Waals surface area contributed by atoms with Crippen LogP contribution < -0.4 is 10.1 Å². The first-order valence-corrected chi connectivity index (χ1v) is 12.7. The van der Waals surface area contributed by atoms with E-state index >= 15 is 0 Å². The highest BCUT2D eigenvalue weighted by molar-refractivity contribution is 7.15. The Balaban J connectivity index is 1.52. The van der Waals surface area contributed by atoms with E-state index in [0.717, 1.165) is 21.7 Å². The van der Waals surface area contributed by atoms with Crippen molar-refractivity contribution in [1.82, 2.24) is 20.1 Å². The van der Waals surface area contributed by atoms with Crippen LogP contribution in [0.2, 0.25) is 0 Å². The first-order chi connectivity index (χ1) is 17.6. The number of nitrogens with zero attached hydrogens (tertiary/aromatic N) is 4. The van der Waals surface area contributed by atoms with Gasteiger partial charge >= 0.3 is 0 Å². The van der Waals surface area contributed by atoms with Crippen molar-refractivity contribution in [2.75, 3.05) is 19.4 Å². The Bertz CT molecular complexity index is 1490. The van der Waals surface area contributed by atoms with Crippen molar-refractivity contribution in [1.29, 1.82) is 0 Å². The van der Waals surface area contributed by atoms with Gasteiger partial charge in [-0.3, -0.25) is 9.59 Å². The highest BCUT2D eigenvalue weighted by atomic mass is 32.1. The Labute approximate surface area is 219 Å². The summed E-state index contributed by atoms with van der Waals surface area (Å²) >= 11 is 1.34. The molecule has 2 aromatic heterocycles. The van der Waals surface area contributed by atoms with E-state index in [4.69, 9.17) is 9.72 Å². The second kappa shape index (κ2) is 9.40. The normalized spacial score (nSPS) is 14.2. The van der Waals surface area contributed by atoms with Crippen molar-refractivity contribution in [3.05, 3.63) is 82.4 Å². The molecule has 0 aliphatic carbocycles. The number of para-hydroxylation sites is 1. The maximum absolute atomic E-state index is 13.5. The van der Waals surface area contributed by atoms with Crippen LogP contribution in [0.25, 0.3) is 11.3 Å². The number of carbonyl (C=O) groups is 2. The van der Waals surface area contributed by atoms with Gasteiger partial charge < -0.3 is 15.0 Å². The van der Waals surface area contributed by atoms with Gasteiger partial charge in [-0.05, 0) is 31.2 Å². The van der Waals surface area contributed by atoms with Gasteiger partial charge in [-0.25, -0.2) is 4.98 Å². The number of aromatic nitrogens is 3. The van der Waals surface area contributed by atoms with E-state index < -0.39 is 5.41 Å². The molecular weight excluding hydrogens is 486 g/mol. The smallest absolute Gasteiger partial charge is 0.253 e. The highest BCUT2D eigenvalue weighted by Crippen LogP contribution is 2.52. The summed E-state index contributed by atoms with van der Waals surface area (Å²) in [4.78, 5) is 32.2. The van der Waals surface area contributed by atoms with Crippen LogP contribution in [-0.2, 0) is 4.79 Å². The minimum atomic E-state index is -0.856. The van der Waals surface area contributed by atoms with E-state index in [2.05, 4.69) is 15.5 Å². The Kier molecular flexibility index (Phi) is 6.25. The predicted octanol–water partition coefficient (Wildman–Crippen LogP) is 5.51. The van der Waals surface area contributed by atoms with Crippen molar-refractivity contribution in [2.24, 2.45) is 5.41 Å². The van der Waals surface area contributed by atoms with Gasteiger partial charge in [0.15, 0.2) is 0 Å². The fourth-order valence-electron chi connectivity index (χ4n) is 4.55. The molecule has 4 aromatic rings. The van der Waals surface area contributed by atoms with Crippen LogP contribution >= 0.6 is 11.3 Å². The van der Waals surface area contributed by atoms with Gasteiger partial charge in [-0.2, -0.15) is 0 Å². The molecule has 0 bridgehead atoms. The minimum Gasteiger partial charge on any atom is -0.438 e. The van der Waals surface area contributed by atoms with Crippen LogP contribution in [0.3, 0.4) is 0 Å².